The van der Waals surface area contributed by atoms with Gasteiger partial charge in [0.1, 0.15) is 18.9 Å². The van der Waals surface area contributed by atoms with Gasteiger partial charge in [0.25, 0.3) is 5.56 Å². The van der Waals surface area contributed by atoms with Crippen LogP contribution in [0.25, 0.3) is 11.2 Å². The van der Waals surface area contributed by atoms with Crippen molar-refractivity contribution in [3.05, 3.63) is 57.0 Å². The van der Waals surface area contributed by atoms with E-state index in [1.807, 2.05) is 31.2 Å². The molecule has 0 fully saturated rings. The maximum absolute atomic E-state index is 12.5. The van der Waals surface area contributed by atoms with Gasteiger partial charge in [0, 0.05) is 14.1 Å². The number of ether oxygens (including phenoxy) is 1. The van der Waals surface area contributed by atoms with Crippen molar-refractivity contribution >= 4 is 17.1 Å². The molecule has 9 nitrogen and oxygen atoms in total. The van der Waals surface area contributed by atoms with Gasteiger partial charge in [-0.1, -0.05) is 12.1 Å². The van der Waals surface area contributed by atoms with E-state index in [0.717, 1.165) is 15.9 Å². The number of carbonyl (C=O) groups is 1. The summed E-state index contributed by atoms with van der Waals surface area (Å²) in [6, 6.07) is 7.58. The van der Waals surface area contributed by atoms with E-state index in [1.165, 1.54) is 22.5 Å². The third kappa shape index (κ3) is 3.76. The second-order valence-electron chi connectivity index (χ2n) is 6.28. The van der Waals surface area contributed by atoms with Crippen molar-refractivity contribution in [3.63, 3.8) is 0 Å². The second-order valence-corrected chi connectivity index (χ2v) is 6.28. The molecule has 3 rings (SSSR count). The predicted molar refractivity (Wildman–Crippen MR) is 99.9 cm³/mol. The summed E-state index contributed by atoms with van der Waals surface area (Å²) in [7, 11) is 3.18. The maximum atomic E-state index is 12.5. The van der Waals surface area contributed by atoms with Gasteiger partial charge in [0.2, 0.25) is 5.91 Å². The molecule has 0 aliphatic heterocycles. The summed E-state index contributed by atoms with van der Waals surface area (Å²) in [5, 5.41) is 2.65. The molecule has 0 radical (unpaired) electrons. The number of aryl methyl sites for hydroxylation is 3. The lowest BCUT2D eigenvalue weighted by Crippen LogP contribution is -2.44. The zero-order valence-corrected chi connectivity index (χ0v) is 15.4. The molecule has 3 aromatic rings. The molecular weight excluding hydrogens is 350 g/mol. The Morgan fingerprint density at radius 3 is 2.78 bits per heavy atom. The van der Waals surface area contributed by atoms with Crippen LogP contribution >= 0.6 is 0 Å². The number of nitrogens with zero attached hydrogens (tertiary/aromatic N) is 4. The first kappa shape index (κ1) is 18.4. The van der Waals surface area contributed by atoms with Crippen LogP contribution in [0.4, 0.5) is 0 Å². The minimum atomic E-state index is -0.586. The van der Waals surface area contributed by atoms with Crippen LogP contribution in [0.3, 0.4) is 0 Å². The summed E-state index contributed by atoms with van der Waals surface area (Å²) in [4.78, 5) is 41.1. The van der Waals surface area contributed by atoms with Gasteiger partial charge in [-0.05, 0) is 24.6 Å². The summed E-state index contributed by atoms with van der Waals surface area (Å²) >= 11 is 0. The zero-order chi connectivity index (χ0) is 19.6. The lowest BCUT2D eigenvalue weighted by atomic mass is 10.2. The van der Waals surface area contributed by atoms with Gasteiger partial charge >= 0.3 is 5.69 Å². The number of carbonyl (C=O) groups excluding carboxylic acids is 1. The molecule has 2 heterocycles. The van der Waals surface area contributed by atoms with Crippen LogP contribution < -0.4 is 21.3 Å². The van der Waals surface area contributed by atoms with E-state index < -0.39 is 17.2 Å². The Morgan fingerprint density at radius 1 is 1.26 bits per heavy atom. The summed E-state index contributed by atoms with van der Waals surface area (Å²) in [6.07, 6.45) is 1.46. The highest BCUT2D eigenvalue weighted by atomic mass is 16.5. The van der Waals surface area contributed by atoms with Crippen molar-refractivity contribution < 1.29 is 9.53 Å². The second kappa shape index (κ2) is 7.48. The third-order valence-electron chi connectivity index (χ3n) is 4.19. The molecule has 0 bridgehead atoms. The Morgan fingerprint density at radius 2 is 2.04 bits per heavy atom. The molecule has 0 saturated carbocycles. The highest BCUT2D eigenvalue weighted by Gasteiger charge is 2.16. The van der Waals surface area contributed by atoms with Crippen molar-refractivity contribution in [1.82, 2.24) is 24.0 Å². The molecule has 0 aliphatic rings. The van der Waals surface area contributed by atoms with Gasteiger partial charge in [0.15, 0.2) is 11.2 Å². The van der Waals surface area contributed by atoms with E-state index in [9.17, 15) is 14.4 Å². The van der Waals surface area contributed by atoms with Crippen LogP contribution in [-0.2, 0) is 25.4 Å². The van der Waals surface area contributed by atoms with Crippen molar-refractivity contribution in [1.29, 1.82) is 0 Å². The lowest BCUT2D eigenvalue weighted by Gasteiger charge is -2.10. The number of rotatable bonds is 6. The summed E-state index contributed by atoms with van der Waals surface area (Å²) in [5.41, 5.74) is 0.511. The first-order valence-corrected chi connectivity index (χ1v) is 8.45. The fourth-order valence-electron chi connectivity index (χ4n) is 2.80. The number of fused-ring (bicyclic) bond motifs is 1. The highest BCUT2D eigenvalue weighted by Crippen LogP contribution is 2.11. The maximum Gasteiger partial charge on any atom is 0.332 e. The van der Waals surface area contributed by atoms with Gasteiger partial charge < -0.3 is 14.6 Å². The number of amides is 1. The Bertz CT molecular complexity index is 1110. The van der Waals surface area contributed by atoms with Gasteiger partial charge in [-0.15, -0.1) is 0 Å². The smallest absolute Gasteiger partial charge is 0.332 e. The topological polar surface area (TPSA) is 100 Å². The van der Waals surface area contributed by atoms with Crippen molar-refractivity contribution in [2.24, 2.45) is 14.1 Å². The molecule has 0 spiro atoms. The molecule has 0 aliphatic carbocycles. The molecular formula is C18H21N5O4. The highest BCUT2D eigenvalue weighted by molar-refractivity contribution is 5.76. The fraction of sp³-hybridized carbons (Fsp3) is 0.333. The van der Waals surface area contributed by atoms with Crippen LogP contribution in [0.2, 0.25) is 0 Å². The Labute approximate surface area is 154 Å². The standard InChI is InChI=1S/C18H21N5O4/c1-12-5-4-6-13(9-12)27-8-7-19-14(24)10-23-17(25)15-16(20-11-21(15)2)22(3)18(23)26/h4-6,9,11H,7-8,10H2,1-3H3,(H,19,24). The van der Waals surface area contributed by atoms with Crippen molar-refractivity contribution in [3.8, 4) is 5.75 Å². The molecule has 1 N–H and O–H groups in total. The van der Waals surface area contributed by atoms with E-state index in [2.05, 4.69) is 10.3 Å². The minimum absolute atomic E-state index is 0.260. The molecule has 1 aromatic carbocycles. The minimum Gasteiger partial charge on any atom is -0.492 e. The Balaban J connectivity index is 1.65. The van der Waals surface area contributed by atoms with E-state index in [4.69, 9.17) is 4.74 Å². The van der Waals surface area contributed by atoms with Crippen LogP contribution in [-0.4, -0.2) is 37.7 Å². The largest absolute Gasteiger partial charge is 0.492 e. The number of hydrogen-bond acceptors (Lipinski definition) is 5. The molecule has 0 atom stereocenters. The fourth-order valence-corrected chi connectivity index (χ4v) is 2.80. The normalized spacial score (nSPS) is 10.9. The number of benzene rings is 1. The molecule has 0 unspecified atom stereocenters. The predicted octanol–water partition coefficient (Wildman–Crippen LogP) is -0.0627. The van der Waals surface area contributed by atoms with Crippen molar-refractivity contribution in [2.75, 3.05) is 13.2 Å². The van der Waals surface area contributed by atoms with Crippen LogP contribution in [0.15, 0.2) is 40.2 Å². The van der Waals surface area contributed by atoms with Gasteiger partial charge in [-0.3, -0.25) is 14.2 Å². The average Bonchev–Trinajstić information content (AvgIpc) is 3.02. The first-order valence-electron chi connectivity index (χ1n) is 8.45. The number of imidazole rings is 1. The molecule has 27 heavy (non-hydrogen) atoms. The molecule has 9 heteroatoms. The Kier molecular flexibility index (Phi) is 5.11. The van der Waals surface area contributed by atoms with E-state index in [0.29, 0.717) is 0 Å². The average molecular weight is 371 g/mol. The van der Waals surface area contributed by atoms with Gasteiger partial charge in [-0.25, -0.2) is 14.3 Å². The SMILES string of the molecule is Cc1cccc(OCCNC(=O)Cn2c(=O)c3c(ncn3C)n(C)c2=O)c1. The summed E-state index contributed by atoms with van der Waals surface area (Å²) < 4.78 is 9.24. The molecule has 1 amide bonds. The van der Waals surface area contributed by atoms with Gasteiger partial charge in [0.05, 0.1) is 12.9 Å². The van der Waals surface area contributed by atoms with Gasteiger partial charge in [-0.2, -0.15) is 0 Å². The van der Waals surface area contributed by atoms with Crippen molar-refractivity contribution in [2.45, 2.75) is 13.5 Å². The van der Waals surface area contributed by atoms with Crippen LogP contribution in [0, 0.1) is 6.92 Å². The van der Waals surface area contributed by atoms with E-state index in [-0.39, 0.29) is 30.9 Å². The van der Waals surface area contributed by atoms with Crippen LogP contribution in [0.5, 0.6) is 5.75 Å². The molecule has 142 valence electrons. The summed E-state index contributed by atoms with van der Waals surface area (Å²) in [6.45, 7) is 2.14. The van der Waals surface area contributed by atoms with E-state index >= 15 is 0 Å². The van der Waals surface area contributed by atoms with Crippen LogP contribution in [0.1, 0.15) is 5.56 Å². The molecule has 0 saturated heterocycles. The first-order chi connectivity index (χ1) is 12.9. The lowest BCUT2D eigenvalue weighted by molar-refractivity contribution is -0.121. The summed E-state index contributed by atoms with van der Waals surface area (Å²) in [5.74, 6) is 0.277. The quantitative estimate of drug-likeness (QED) is 0.612. The monoisotopic (exact) mass is 371 g/mol. The third-order valence-corrected chi connectivity index (χ3v) is 4.19. The number of aromatic nitrogens is 4. The number of nitrogens with one attached hydrogen (secondary N) is 1. The van der Waals surface area contributed by atoms with E-state index in [1.54, 1.807) is 7.05 Å². The zero-order valence-electron chi connectivity index (χ0n) is 15.4. The number of hydrogen-bond donors (Lipinski definition) is 1. The Hall–Kier alpha value is -3.36. The molecule has 2 aromatic heterocycles.